The maximum absolute atomic E-state index is 13.3. The number of ether oxygens (including phenoxy) is 3. The Labute approximate surface area is 170 Å². The molecule has 1 aliphatic rings. The monoisotopic (exact) mass is 435 g/mol. The zero-order chi connectivity index (χ0) is 22.0. The second kappa shape index (κ2) is 9.20. The van der Waals surface area contributed by atoms with Crippen molar-refractivity contribution in [2.24, 2.45) is 0 Å². The Hall–Kier alpha value is -1.36. The fourth-order valence-electron chi connectivity index (χ4n) is 2.94. The molecule has 0 saturated carbocycles. The number of rotatable bonds is 9. The number of carbonyl (C=O) groups excluding carboxylic acids is 1. The first-order valence-corrected chi connectivity index (χ1v) is 11.0. The second-order valence-corrected chi connectivity index (χ2v) is 9.75. The fraction of sp³-hybridized carbons (Fsp3) is 0.824. The van der Waals surface area contributed by atoms with Crippen LogP contribution in [0.4, 0.5) is 0 Å². The largest absolute Gasteiger partial charge is 0.464 e. The number of hydrogen-bond acceptors (Lipinski definition) is 10. The summed E-state index contributed by atoms with van der Waals surface area (Å²) in [5.41, 5.74) is 0.0275. The van der Waals surface area contributed by atoms with Crippen LogP contribution in [0.15, 0.2) is 6.20 Å². The van der Waals surface area contributed by atoms with Gasteiger partial charge in [0.25, 0.3) is 0 Å². The lowest BCUT2D eigenvalue weighted by Crippen LogP contribution is -2.39. The fourth-order valence-corrected chi connectivity index (χ4v) is 5.03. The van der Waals surface area contributed by atoms with Crippen molar-refractivity contribution >= 4 is 13.6 Å². The lowest BCUT2D eigenvalue weighted by atomic mass is 10.2. The van der Waals surface area contributed by atoms with Crippen LogP contribution >= 0.6 is 7.60 Å². The van der Waals surface area contributed by atoms with Crippen LogP contribution in [0.3, 0.4) is 0 Å². The van der Waals surface area contributed by atoms with Crippen LogP contribution in [0, 0.1) is 0 Å². The Kier molecular flexibility index (Phi) is 7.58. The van der Waals surface area contributed by atoms with Gasteiger partial charge in [0, 0.05) is 0 Å². The third-order valence-electron chi connectivity index (χ3n) is 3.86. The quantitative estimate of drug-likeness (QED) is 0.453. The highest BCUT2D eigenvalue weighted by molar-refractivity contribution is 7.54. The third-order valence-corrected chi connectivity index (χ3v) is 6.23. The molecule has 0 radical (unpaired) electrons. The predicted octanol–water partition coefficient (Wildman–Crippen LogP) is 1.95. The van der Waals surface area contributed by atoms with Crippen LogP contribution in [0.1, 0.15) is 52.0 Å². The molecular formula is C17H30N3O8P. The summed E-state index contributed by atoms with van der Waals surface area (Å²) in [5, 5.41) is 18.5. The maximum atomic E-state index is 13.3. The van der Waals surface area contributed by atoms with Crippen molar-refractivity contribution in [3.05, 3.63) is 11.9 Å². The number of aliphatic hydroxyl groups is 1. The predicted molar refractivity (Wildman–Crippen MR) is 101 cm³/mol. The molecule has 1 N–H and O–H groups in total. The smallest absolute Gasteiger partial charge is 0.362 e. The standard InChI is InChI=1S/C17H30N3O8P/c1-10(2)27-29(23,28-11(3)4)16(22)14-13(25-17(5,6)26-14)9-20-8-12(18-19-20)15(21)24-7/h8,10-11,13-14,16,22H,9H2,1-7H3/t13-,14+,16+/m0/s1. The van der Waals surface area contributed by atoms with Crippen molar-refractivity contribution in [2.75, 3.05) is 7.11 Å². The minimum Gasteiger partial charge on any atom is -0.464 e. The number of hydrogen-bond donors (Lipinski definition) is 1. The highest BCUT2D eigenvalue weighted by Gasteiger charge is 2.52. The van der Waals surface area contributed by atoms with Crippen molar-refractivity contribution in [1.29, 1.82) is 0 Å². The average Bonchev–Trinajstić information content (AvgIpc) is 3.16. The molecule has 1 saturated heterocycles. The summed E-state index contributed by atoms with van der Waals surface area (Å²) in [6, 6.07) is 0. The number of esters is 1. The molecule has 3 atom stereocenters. The van der Waals surface area contributed by atoms with Gasteiger partial charge in [-0.25, -0.2) is 9.48 Å². The first kappa shape index (κ1) is 23.9. The van der Waals surface area contributed by atoms with Crippen molar-refractivity contribution in [3.8, 4) is 0 Å². The topological polar surface area (TPSA) is 131 Å². The first-order chi connectivity index (χ1) is 13.4. The van der Waals surface area contributed by atoms with Gasteiger partial charge in [0.05, 0.1) is 32.1 Å². The minimum atomic E-state index is -3.95. The van der Waals surface area contributed by atoms with Crippen molar-refractivity contribution in [1.82, 2.24) is 15.0 Å². The molecule has 1 aromatic rings. The molecule has 0 aliphatic carbocycles. The number of aliphatic hydroxyl groups excluding tert-OH is 1. The molecule has 1 aliphatic heterocycles. The molecule has 0 aromatic carbocycles. The summed E-state index contributed by atoms with van der Waals surface area (Å²) in [6.07, 6.45) is -1.29. The Morgan fingerprint density at radius 3 is 2.38 bits per heavy atom. The van der Waals surface area contributed by atoms with E-state index in [9.17, 15) is 14.5 Å². The number of nitrogens with zero attached hydrogens (tertiary/aromatic N) is 3. The molecule has 11 nitrogen and oxygen atoms in total. The first-order valence-electron chi connectivity index (χ1n) is 9.35. The van der Waals surface area contributed by atoms with E-state index in [-0.39, 0.29) is 12.2 Å². The van der Waals surface area contributed by atoms with Crippen LogP contribution in [-0.4, -0.2) is 69.2 Å². The number of carbonyl (C=O) groups is 1. The van der Waals surface area contributed by atoms with E-state index in [0.717, 1.165) is 0 Å². The van der Waals surface area contributed by atoms with Crippen molar-refractivity contribution in [2.45, 2.75) is 84.1 Å². The Morgan fingerprint density at radius 1 is 1.28 bits per heavy atom. The van der Waals surface area contributed by atoms with E-state index in [1.807, 2.05) is 0 Å². The van der Waals surface area contributed by atoms with E-state index >= 15 is 0 Å². The highest BCUT2D eigenvalue weighted by Crippen LogP contribution is 2.57. The summed E-state index contributed by atoms with van der Waals surface area (Å²) >= 11 is 0. The highest BCUT2D eigenvalue weighted by atomic mass is 31.2. The van der Waals surface area contributed by atoms with Gasteiger partial charge in [-0.05, 0) is 41.5 Å². The van der Waals surface area contributed by atoms with Crippen molar-refractivity contribution < 1.29 is 37.7 Å². The van der Waals surface area contributed by atoms with Gasteiger partial charge < -0.3 is 28.4 Å². The van der Waals surface area contributed by atoms with Crippen LogP contribution in [0.2, 0.25) is 0 Å². The normalized spacial score (nSPS) is 23.0. The van der Waals surface area contributed by atoms with E-state index in [1.54, 1.807) is 41.5 Å². The van der Waals surface area contributed by atoms with Gasteiger partial charge in [-0.2, -0.15) is 0 Å². The molecule has 0 bridgehead atoms. The molecule has 0 unspecified atom stereocenters. The molecule has 0 amide bonds. The summed E-state index contributed by atoms with van der Waals surface area (Å²) in [6.45, 7) is 10.2. The van der Waals surface area contributed by atoms with Crippen LogP contribution < -0.4 is 0 Å². The molecule has 1 fully saturated rings. The van der Waals surface area contributed by atoms with E-state index in [1.165, 1.54) is 18.0 Å². The maximum Gasteiger partial charge on any atom is 0.362 e. The summed E-state index contributed by atoms with van der Waals surface area (Å²) in [5.74, 6) is -3.28. The van der Waals surface area contributed by atoms with Gasteiger partial charge in [-0.15, -0.1) is 5.10 Å². The molecule has 12 heteroatoms. The third kappa shape index (κ3) is 6.07. The molecule has 166 valence electrons. The van der Waals surface area contributed by atoms with Gasteiger partial charge in [-0.3, -0.25) is 4.57 Å². The summed E-state index contributed by atoms with van der Waals surface area (Å²) in [4.78, 5) is 11.6. The molecule has 1 aromatic heterocycles. The lowest BCUT2D eigenvalue weighted by Gasteiger charge is -2.31. The van der Waals surface area contributed by atoms with Gasteiger partial charge in [-0.1, -0.05) is 5.21 Å². The SMILES string of the molecule is COC(=O)c1cn(C[C@@H]2OC(C)(C)O[C@H]2[C@H](O)P(=O)(OC(C)C)OC(C)C)nn1. The van der Waals surface area contributed by atoms with Gasteiger partial charge in [0.15, 0.2) is 17.3 Å². The van der Waals surface area contributed by atoms with Crippen LogP contribution in [-0.2, 0) is 34.4 Å². The lowest BCUT2D eigenvalue weighted by molar-refractivity contribution is -0.152. The molecular weight excluding hydrogens is 405 g/mol. The average molecular weight is 435 g/mol. The molecule has 2 rings (SSSR count). The van der Waals surface area contributed by atoms with E-state index in [0.29, 0.717) is 0 Å². The number of methoxy groups -OCH3 is 1. The van der Waals surface area contributed by atoms with Crippen molar-refractivity contribution in [3.63, 3.8) is 0 Å². The van der Waals surface area contributed by atoms with Gasteiger partial charge in [0.1, 0.15) is 12.2 Å². The zero-order valence-electron chi connectivity index (χ0n) is 17.8. The summed E-state index contributed by atoms with van der Waals surface area (Å²) in [7, 11) is -2.71. The molecule has 29 heavy (non-hydrogen) atoms. The molecule has 0 spiro atoms. The van der Waals surface area contributed by atoms with E-state index < -0.39 is 49.6 Å². The Morgan fingerprint density at radius 2 is 1.86 bits per heavy atom. The Bertz CT molecular complexity index is 737. The second-order valence-electron chi connectivity index (χ2n) is 7.72. The van der Waals surface area contributed by atoms with Gasteiger partial charge >= 0.3 is 13.6 Å². The van der Waals surface area contributed by atoms with Crippen LogP contribution in [0.5, 0.6) is 0 Å². The molecule has 2 heterocycles. The van der Waals surface area contributed by atoms with E-state index in [4.69, 9.17) is 18.5 Å². The van der Waals surface area contributed by atoms with Crippen LogP contribution in [0.25, 0.3) is 0 Å². The summed E-state index contributed by atoms with van der Waals surface area (Å²) < 4.78 is 42.0. The minimum absolute atomic E-state index is 0.0275. The number of aromatic nitrogens is 3. The Balaban J connectivity index is 2.26. The van der Waals surface area contributed by atoms with E-state index in [2.05, 4.69) is 15.0 Å². The zero-order valence-corrected chi connectivity index (χ0v) is 18.7. The van der Waals surface area contributed by atoms with Gasteiger partial charge in [0.2, 0.25) is 0 Å².